The Kier molecular flexibility index (Phi) is 6.74. The van der Waals surface area contributed by atoms with Crippen molar-refractivity contribution in [1.29, 1.82) is 0 Å². The van der Waals surface area contributed by atoms with Gasteiger partial charge in [0.25, 0.3) is 5.91 Å². The first-order chi connectivity index (χ1) is 16.9. The molecule has 0 spiro atoms. The van der Waals surface area contributed by atoms with E-state index in [1.165, 1.54) is 47.4 Å². The molecule has 36 heavy (non-hydrogen) atoms. The Hall–Kier alpha value is -3.54. The van der Waals surface area contributed by atoms with Crippen molar-refractivity contribution >= 4 is 35.0 Å². The van der Waals surface area contributed by atoms with Crippen molar-refractivity contribution in [2.24, 2.45) is 0 Å². The molecule has 0 aromatic heterocycles. The molecule has 0 bridgehead atoms. The van der Waals surface area contributed by atoms with Crippen LogP contribution in [0.15, 0.2) is 66.7 Å². The van der Waals surface area contributed by atoms with Crippen LogP contribution in [0.1, 0.15) is 32.4 Å². The summed E-state index contributed by atoms with van der Waals surface area (Å²) in [6.45, 7) is 0. The average Bonchev–Trinajstić information content (AvgIpc) is 3.19. The molecule has 3 aromatic rings. The lowest BCUT2D eigenvalue weighted by molar-refractivity contribution is -0.143. The molecule has 1 aliphatic heterocycles. The van der Waals surface area contributed by atoms with E-state index in [9.17, 15) is 40.3 Å². The van der Waals surface area contributed by atoms with Gasteiger partial charge in [0, 0.05) is 16.8 Å². The molecule has 12 heteroatoms. The first-order valence-electron chi connectivity index (χ1n) is 10.2. The first-order valence-corrected chi connectivity index (χ1v) is 11.3. The molecule has 188 valence electrons. The summed E-state index contributed by atoms with van der Waals surface area (Å²) in [6, 6.07) is 12.1. The highest BCUT2D eigenvalue weighted by Crippen LogP contribution is 2.45. The Labute approximate surface area is 204 Å². The lowest BCUT2D eigenvalue weighted by atomic mass is 10.0. The van der Waals surface area contributed by atoms with Gasteiger partial charge in [0.2, 0.25) is 5.91 Å². The van der Waals surface area contributed by atoms with Crippen molar-refractivity contribution in [2.45, 2.75) is 17.7 Å². The standard InChI is InChI=1S/C24H15F7N2O2S/c25-17-6-2-4-8-19(17)33-20(34)12-36-22(33)16-5-1-3-7-18(16)32-21(35)13-9-14(23(26,27)28)11-15(10-13)24(29,30)31/h1-11,22H,12H2,(H,32,35). The van der Waals surface area contributed by atoms with E-state index in [1.807, 2.05) is 0 Å². The van der Waals surface area contributed by atoms with Crippen molar-refractivity contribution in [2.75, 3.05) is 16.0 Å². The second-order valence-corrected chi connectivity index (χ2v) is 8.78. The summed E-state index contributed by atoms with van der Waals surface area (Å²) in [5, 5.41) is 1.54. The third kappa shape index (κ3) is 5.18. The minimum absolute atomic E-state index is 0.00803. The summed E-state index contributed by atoms with van der Waals surface area (Å²) < 4.78 is 93.6. The second kappa shape index (κ2) is 9.49. The summed E-state index contributed by atoms with van der Waals surface area (Å²) in [6.07, 6.45) is -10.2. The van der Waals surface area contributed by atoms with Gasteiger partial charge in [-0.2, -0.15) is 26.3 Å². The Bertz CT molecular complexity index is 1290. The van der Waals surface area contributed by atoms with Crippen molar-refractivity contribution in [3.8, 4) is 0 Å². The van der Waals surface area contributed by atoms with Crippen molar-refractivity contribution in [1.82, 2.24) is 0 Å². The number of para-hydroxylation sites is 2. The summed E-state index contributed by atoms with van der Waals surface area (Å²) in [4.78, 5) is 26.6. The van der Waals surface area contributed by atoms with Gasteiger partial charge in [-0.25, -0.2) is 4.39 Å². The molecule has 4 nitrogen and oxygen atoms in total. The van der Waals surface area contributed by atoms with Gasteiger partial charge in [-0.15, -0.1) is 11.8 Å². The van der Waals surface area contributed by atoms with Crippen molar-refractivity contribution < 1.29 is 40.3 Å². The van der Waals surface area contributed by atoms with Gasteiger partial charge in [0.15, 0.2) is 0 Å². The zero-order valence-corrected chi connectivity index (χ0v) is 18.8. The predicted molar refractivity (Wildman–Crippen MR) is 120 cm³/mol. The molecule has 1 atom stereocenters. The van der Waals surface area contributed by atoms with E-state index in [0.29, 0.717) is 17.7 Å². The van der Waals surface area contributed by atoms with E-state index >= 15 is 0 Å². The zero-order chi connectivity index (χ0) is 26.3. The van der Waals surface area contributed by atoms with Crippen LogP contribution >= 0.6 is 11.8 Å². The maximum atomic E-state index is 14.4. The first kappa shape index (κ1) is 25.5. The van der Waals surface area contributed by atoms with Gasteiger partial charge in [0.05, 0.1) is 22.6 Å². The average molecular weight is 528 g/mol. The lowest BCUT2D eigenvalue weighted by Gasteiger charge is -2.26. The lowest BCUT2D eigenvalue weighted by Crippen LogP contribution is -2.29. The molecular formula is C24H15F7N2O2S. The van der Waals surface area contributed by atoms with E-state index < -0.39 is 52.0 Å². The number of nitrogens with one attached hydrogen (secondary N) is 1. The molecule has 0 radical (unpaired) electrons. The Morgan fingerprint density at radius 2 is 1.47 bits per heavy atom. The zero-order valence-electron chi connectivity index (χ0n) is 18.0. The molecule has 4 rings (SSSR count). The van der Waals surface area contributed by atoms with Gasteiger partial charge in [-0.1, -0.05) is 30.3 Å². The molecule has 1 N–H and O–H groups in total. The van der Waals surface area contributed by atoms with Crippen LogP contribution in [-0.2, 0) is 17.1 Å². The molecule has 3 aromatic carbocycles. The number of thioether (sulfide) groups is 1. The normalized spacial score (nSPS) is 16.4. The topological polar surface area (TPSA) is 49.4 Å². The molecule has 1 aliphatic rings. The van der Waals surface area contributed by atoms with E-state index in [-0.39, 0.29) is 23.2 Å². The van der Waals surface area contributed by atoms with E-state index in [4.69, 9.17) is 0 Å². The summed E-state index contributed by atoms with van der Waals surface area (Å²) in [5.41, 5.74) is -3.76. The highest BCUT2D eigenvalue weighted by atomic mass is 32.2. The predicted octanol–water partition coefficient (Wildman–Crippen LogP) is 6.89. The number of carbonyl (C=O) groups is 2. The third-order valence-corrected chi connectivity index (χ3v) is 6.50. The van der Waals surface area contributed by atoms with Crippen LogP contribution in [0.4, 0.5) is 42.1 Å². The van der Waals surface area contributed by atoms with E-state index in [0.717, 1.165) is 11.8 Å². The molecule has 1 fully saturated rings. The monoisotopic (exact) mass is 528 g/mol. The van der Waals surface area contributed by atoms with Crippen molar-refractivity contribution in [3.05, 3.63) is 94.8 Å². The van der Waals surface area contributed by atoms with Crippen LogP contribution in [0.25, 0.3) is 0 Å². The molecule has 0 aliphatic carbocycles. The van der Waals surface area contributed by atoms with Crippen molar-refractivity contribution in [3.63, 3.8) is 0 Å². The molecule has 0 saturated carbocycles. The molecule has 2 amide bonds. The fourth-order valence-corrected chi connectivity index (χ4v) is 4.87. The van der Waals surface area contributed by atoms with E-state index in [2.05, 4.69) is 5.32 Å². The molecule has 1 saturated heterocycles. The Morgan fingerprint density at radius 3 is 2.08 bits per heavy atom. The van der Waals surface area contributed by atoms with Crippen LogP contribution in [0.2, 0.25) is 0 Å². The number of anilines is 2. The van der Waals surface area contributed by atoms with Gasteiger partial charge in [-0.3, -0.25) is 14.5 Å². The fourth-order valence-electron chi connectivity index (χ4n) is 3.67. The third-order valence-electron chi connectivity index (χ3n) is 5.30. The largest absolute Gasteiger partial charge is 0.416 e. The second-order valence-electron chi connectivity index (χ2n) is 7.71. The molecule has 1 unspecified atom stereocenters. The number of benzene rings is 3. The van der Waals surface area contributed by atoms with Crippen LogP contribution in [0.3, 0.4) is 0 Å². The number of amides is 2. The number of hydrogen-bond donors (Lipinski definition) is 1. The van der Waals surface area contributed by atoms with Gasteiger partial charge in [0.1, 0.15) is 11.2 Å². The van der Waals surface area contributed by atoms with Gasteiger partial charge in [-0.05, 0) is 36.4 Å². The number of nitrogens with zero attached hydrogens (tertiary/aromatic N) is 1. The fraction of sp³-hybridized carbons (Fsp3) is 0.167. The Morgan fingerprint density at radius 1 is 0.889 bits per heavy atom. The summed E-state index contributed by atoms with van der Waals surface area (Å²) >= 11 is 1.12. The maximum Gasteiger partial charge on any atom is 0.416 e. The smallest absolute Gasteiger partial charge is 0.322 e. The van der Waals surface area contributed by atoms with Crippen LogP contribution in [0.5, 0.6) is 0 Å². The number of halogens is 7. The van der Waals surface area contributed by atoms with Crippen LogP contribution in [0, 0.1) is 5.82 Å². The highest BCUT2D eigenvalue weighted by molar-refractivity contribution is 8.00. The van der Waals surface area contributed by atoms with Crippen LogP contribution < -0.4 is 10.2 Å². The SMILES string of the molecule is O=C(Nc1ccccc1C1SCC(=O)N1c1ccccc1F)c1cc(C(F)(F)F)cc(C(F)(F)F)c1. The van der Waals surface area contributed by atoms with Gasteiger partial charge < -0.3 is 5.32 Å². The summed E-state index contributed by atoms with van der Waals surface area (Å²) in [5.74, 6) is -2.30. The van der Waals surface area contributed by atoms with E-state index in [1.54, 1.807) is 6.07 Å². The number of alkyl halides is 6. The number of hydrogen-bond acceptors (Lipinski definition) is 3. The highest BCUT2D eigenvalue weighted by Gasteiger charge is 2.39. The molecule has 1 heterocycles. The Balaban J connectivity index is 1.71. The number of rotatable bonds is 4. The minimum Gasteiger partial charge on any atom is -0.322 e. The van der Waals surface area contributed by atoms with Crippen LogP contribution in [-0.4, -0.2) is 17.6 Å². The summed E-state index contributed by atoms with van der Waals surface area (Å²) in [7, 11) is 0. The number of carbonyl (C=O) groups excluding carboxylic acids is 2. The maximum absolute atomic E-state index is 14.4. The minimum atomic E-state index is -5.12. The molecular weight excluding hydrogens is 513 g/mol. The van der Waals surface area contributed by atoms with Gasteiger partial charge >= 0.3 is 12.4 Å². The quantitative estimate of drug-likeness (QED) is 0.375.